The van der Waals surface area contributed by atoms with Gasteiger partial charge in [0.25, 0.3) is 0 Å². The van der Waals surface area contributed by atoms with Gasteiger partial charge in [0.1, 0.15) is 17.7 Å². The van der Waals surface area contributed by atoms with Crippen LogP contribution in [0.4, 0.5) is 17.6 Å². The molecule has 1 saturated heterocycles. The summed E-state index contributed by atoms with van der Waals surface area (Å²) in [6, 6.07) is 6.36. The molecule has 3 heterocycles. The highest BCUT2D eigenvalue weighted by atomic mass is 15.3. The van der Waals surface area contributed by atoms with Crippen molar-refractivity contribution in [1.82, 2.24) is 15.0 Å². The Morgan fingerprint density at radius 2 is 1.85 bits per heavy atom. The van der Waals surface area contributed by atoms with Gasteiger partial charge in [-0.3, -0.25) is 0 Å². The minimum atomic E-state index is 0.699. The molecule has 0 saturated carbocycles. The van der Waals surface area contributed by atoms with Gasteiger partial charge in [-0.2, -0.15) is 10.2 Å². The average Bonchev–Trinajstić information content (AvgIpc) is 3.14. The maximum atomic E-state index is 9.57. The molecule has 1 aliphatic heterocycles. The van der Waals surface area contributed by atoms with E-state index in [-0.39, 0.29) is 0 Å². The predicted octanol–water partition coefficient (Wildman–Crippen LogP) is 2.30. The molecule has 0 atom stereocenters. The van der Waals surface area contributed by atoms with Gasteiger partial charge < -0.3 is 15.1 Å². The van der Waals surface area contributed by atoms with Crippen molar-refractivity contribution in [3.63, 3.8) is 0 Å². The zero-order valence-corrected chi connectivity index (χ0v) is 16.0. The van der Waals surface area contributed by atoms with Crippen LogP contribution in [0.1, 0.15) is 35.9 Å². The molecule has 140 valence electrons. The van der Waals surface area contributed by atoms with Crippen molar-refractivity contribution in [3.8, 4) is 6.07 Å². The number of anilines is 3. The van der Waals surface area contributed by atoms with Gasteiger partial charge in [-0.25, -0.2) is 9.97 Å². The molecular formula is C20H25N7. The normalized spacial score (nSPS) is 16.2. The highest BCUT2D eigenvalue weighted by Crippen LogP contribution is 2.28. The van der Waals surface area contributed by atoms with Crippen molar-refractivity contribution < 1.29 is 0 Å². The van der Waals surface area contributed by atoms with Gasteiger partial charge in [-0.1, -0.05) is 0 Å². The van der Waals surface area contributed by atoms with Crippen molar-refractivity contribution in [1.29, 1.82) is 5.26 Å². The number of aryl methyl sites for hydroxylation is 3. The Kier molecular flexibility index (Phi) is 4.80. The van der Waals surface area contributed by atoms with Crippen LogP contribution in [0, 0.1) is 18.3 Å². The summed E-state index contributed by atoms with van der Waals surface area (Å²) in [7, 11) is 0. The Labute approximate surface area is 160 Å². The fraction of sp³-hybridized carbons (Fsp3) is 0.500. The quantitative estimate of drug-likeness (QED) is 0.892. The van der Waals surface area contributed by atoms with Crippen molar-refractivity contribution in [2.75, 3.05) is 47.8 Å². The summed E-state index contributed by atoms with van der Waals surface area (Å²) >= 11 is 0. The molecule has 7 nitrogen and oxygen atoms in total. The summed E-state index contributed by atoms with van der Waals surface area (Å²) in [5, 5.41) is 12.8. The second kappa shape index (κ2) is 7.39. The molecule has 0 unspecified atom stereocenters. The monoisotopic (exact) mass is 363 g/mol. The van der Waals surface area contributed by atoms with Gasteiger partial charge in [0.15, 0.2) is 0 Å². The number of nitrogens with one attached hydrogen (secondary N) is 1. The van der Waals surface area contributed by atoms with Crippen molar-refractivity contribution in [2.45, 2.75) is 33.1 Å². The van der Waals surface area contributed by atoms with E-state index in [1.54, 1.807) is 0 Å². The van der Waals surface area contributed by atoms with Gasteiger partial charge in [-0.15, -0.1) is 0 Å². The van der Waals surface area contributed by atoms with E-state index in [9.17, 15) is 5.26 Å². The molecule has 0 bridgehead atoms. The van der Waals surface area contributed by atoms with Crippen LogP contribution in [0.15, 0.2) is 12.1 Å². The second-order valence-corrected chi connectivity index (χ2v) is 7.13. The number of hydrogen-bond donors (Lipinski definition) is 1. The van der Waals surface area contributed by atoms with Gasteiger partial charge in [0.05, 0.1) is 5.56 Å². The summed E-state index contributed by atoms with van der Waals surface area (Å²) in [5.74, 6) is 2.49. The maximum Gasteiger partial charge on any atom is 0.227 e. The lowest BCUT2D eigenvalue weighted by atomic mass is 10.1. The molecule has 0 spiro atoms. The Bertz CT molecular complexity index is 879. The standard InChI is InChI=1S/C20H25N7/c1-3-22-18-11-14(2)23-20(25-18)27-9-7-26(8-10-27)19-16(13-21)12-15-5-4-6-17(15)24-19/h11-12H,3-10H2,1-2H3,(H,22,23,25). The zero-order valence-electron chi connectivity index (χ0n) is 16.0. The molecule has 1 fully saturated rings. The van der Waals surface area contributed by atoms with E-state index in [1.165, 1.54) is 11.3 Å². The van der Waals surface area contributed by atoms with Crippen LogP contribution in [-0.4, -0.2) is 47.7 Å². The molecule has 0 amide bonds. The molecule has 2 aliphatic rings. The van der Waals surface area contributed by atoms with Gasteiger partial charge >= 0.3 is 0 Å². The number of nitriles is 1. The topological polar surface area (TPSA) is 81.0 Å². The summed E-state index contributed by atoms with van der Waals surface area (Å²) in [4.78, 5) is 18.5. The summed E-state index contributed by atoms with van der Waals surface area (Å²) in [6.45, 7) is 8.16. The van der Waals surface area contributed by atoms with Crippen LogP contribution in [0.25, 0.3) is 0 Å². The minimum absolute atomic E-state index is 0.699. The molecular weight excluding hydrogens is 338 g/mol. The SMILES string of the molecule is CCNc1cc(C)nc(N2CCN(c3nc4c(cc3C#N)CCC4)CC2)n1. The smallest absolute Gasteiger partial charge is 0.227 e. The summed E-state index contributed by atoms with van der Waals surface area (Å²) in [6.07, 6.45) is 3.21. The van der Waals surface area contributed by atoms with Crippen molar-refractivity contribution >= 4 is 17.6 Å². The third-order valence-electron chi connectivity index (χ3n) is 5.21. The molecule has 2 aromatic heterocycles. The third kappa shape index (κ3) is 3.52. The first-order valence-electron chi connectivity index (χ1n) is 9.70. The molecule has 27 heavy (non-hydrogen) atoms. The van der Waals surface area contributed by atoms with E-state index in [2.05, 4.69) is 38.1 Å². The predicted molar refractivity (Wildman–Crippen MR) is 106 cm³/mol. The largest absolute Gasteiger partial charge is 0.370 e. The van der Waals surface area contributed by atoms with Crippen LogP contribution < -0.4 is 15.1 Å². The molecule has 1 aliphatic carbocycles. The van der Waals surface area contributed by atoms with Crippen molar-refractivity contribution in [2.24, 2.45) is 0 Å². The van der Waals surface area contributed by atoms with E-state index >= 15 is 0 Å². The molecule has 1 N–H and O–H groups in total. The number of aromatic nitrogens is 3. The van der Waals surface area contributed by atoms with Gasteiger partial charge in [0.2, 0.25) is 5.95 Å². The van der Waals surface area contributed by atoms with Gasteiger partial charge in [-0.05, 0) is 44.7 Å². The fourth-order valence-electron chi connectivity index (χ4n) is 3.87. The number of pyridine rings is 1. The summed E-state index contributed by atoms with van der Waals surface area (Å²) < 4.78 is 0. The Morgan fingerprint density at radius 1 is 1.07 bits per heavy atom. The Morgan fingerprint density at radius 3 is 2.59 bits per heavy atom. The van der Waals surface area contributed by atoms with E-state index in [0.717, 1.165) is 75.3 Å². The Balaban J connectivity index is 1.51. The van der Waals surface area contributed by atoms with E-state index in [0.29, 0.717) is 5.56 Å². The Hall–Kier alpha value is -2.88. The minimum Gasteiger partial charge on any atom is -0.370 e. The maximum absolute atomic E-state index is 9.57. The highest BCUT2D eigenvalue weighted by Gasteiger charge is 2.24. The lowest BCUT2D eigenvalue weighted by Crippen LogP contribution is -2.47. The first kappa shape index (κ1) is 17.5. The number of hydrogen-bond acceptors (Lipinski definition) is 7. The first-order chi connectivity index (χ1) is 13.2. The fourth-order valence-corrected chi connectivity index (χ4v) is 3.87. The van der Waals surface area contributed by atoms with Crippen LogP contribution >= 0.6 is 0 Å². The highest BCUT2D eigenvalue weighted by molar-refractivity contribution is 5.58. The van der Waals surface area contributed by atoms with Gasteiger partial charge in [0, 0.05) is 50.2 Å². The zero-order chi connectivity index (χ0) is 18.8. The first-order valence-corrected chi connectivity index (χ1v) is 9.70. The third-order valence-corrected chi connectivity index (χ3v) is 5.21. The van der Waals surface area contributed by atoms with E-state index in [4.69, 9.17) is 4.98 Å². The molecule has 4 rings (SSSR count). The second-order valence-electron chi connectivity index (χ2n) is 7.13. The van der Waals surface area contributed by atoms with Crippen LogP contribution in [0.3, 0.4) is 0 Å². The van der Waals surface area contributed by atoms with Crippen LogP contribution in [-0.2, 0) is 12.8 Å². The molecule has 7 heteroatoms. The lowest BCUT2D eigenvalue weighted by molar-refractivity contribution is 0.632. The van der Waals surface area contributed by atoms with Crippen LogP contribution in [0.2, 0.25) is 0 Å². The van der Waals surface area contributed by atoms with Crippen LogP contribution in [0.5, 0.6) is 0 Å². The number of piperazine rings is 1. The number of fused-ring (bicyclic) bond motifs is 1. The number of rotatable bonds is 4. The molecule has 0 radical (unpaired) electrons. The summed E-state index contributed by atoms with van der Waals surface area (Å²) in [5.41, 5.74) is 4.08. The lowest BCUT2D eigenvalue weighted by Gasteiger charge is -2.36. The van der Waals surface area contributed by atoms with Crippen molar-refractivity contribution in [3.05, 3.63) is 34.6 Å². The molecule has 2 aromatic rings. The van der Waals surface area contributed by atoms with E-state index < -0.39 is 0 Å². The molecule has 0 aromatic carbocycles. The number of nitrogens with zero attached hydrogens (tertiary/aromatic N) is 6. The van der Waals surface area contributed by atoms with E-state index in [1.807, 2.05) is 19.1 Å². The average molecular weight is 363 g/mol.